The summed E-state index contributed by atoms with van der Waals surface area (Å²) in [4.78, 5) is 4.17. The molecule has 92 valence electrons. The van der Waals surface area contributed by atoms with Gasteiger partial charge in [-0.2, -0.15) is 0 Å². The van der Waals surface area contributed by atoms with Crippen LogP contribution in [0, 0.1) is 0 Å². The molecule has 0 aliphatic heterocycles. The molecule has 0 fully saturated rings. The number of nitrogens with one attached hydrogen (secondary N) is 1. The number of sulfone groups is 1. The maximum absolute atomic E-state index is 11.0. The summed E-state index contributed by atoms with van der Waals surface area (Å²) in [6, 6.07) is 0.316. The Morgan fingerprint density at radius 1 is 1.50 bits per heavy atom. The number of aryl methyl sites for hydroxylation is 1. The number of aromatic nitrogens is 2. The molecule has 0 spiro atoms. The largest absolute Gasteiger partial charge is 0.353 e. The molecular formula is C10H19N3O2S. The Morgan fingerprint density at radius 3 is 2.75 bits per heavy atom. The summed E-state index contributed by atoms with van der Waals surface area (Å²) in [6.07, 6.45) is 5.44. The van der Waals surface area contributed by atoms with E-state index < -0.39 is 9.84 Å². The maximum atomic E-state index is 11.0. The van der Waals surface area contributed by atoms with Crippen LogP contribution in [0.15, 0.2) is 12.4 Å². The first-order chi connectivity index (χ1) is 7.38. The van der Waals surface area contributed by atoms with Gasteiger partial charge in [-0.05, 0) is 20.3 Å². The lowest BCUT2D eigenvalue weighted by Gasteiger charge is -2.11. The van der Waals surface area contributed by atoms with Crippen molar-refractivity contribution in [1.29, 1.82) is 0 Å². The van der Waals surface area contributed by atoms with Gasteiger partial charge in [-0.15, -0.1) is 0 Å². The molecule has 0 bridgehead atoms. The summed E-state index contributed by atoms with van der Waals surface area (Å²) >= 11 is 0. The minimum Gasteiger partial charge on any atom is -0.353 e. The van der Waals surface area contributed by atoms with Crippen molar-refractivity contribution in [3.8, 4) is 0 Å². The van der Waals surface area contributed by atoms with Gasteiger partial charge in [0, 0.05) is 31.2 Å². The predicted molar refractivity (Wildman–Crippen MR) is 65.3 cm³/mol. The SMILES string of the molecule is CC(C)Nc1nccn1CCCS(C)(=O)=O. The lowest BCUT2D eigenvalue weighted by Crippen LogP contribution is -2.15. The normalized spacial score (nSPS) is 12.0. The summed E-state index contributed by atoms with van der Waals surface area (Å²) in [5, 5.41) is 3.20. The fraction of sp³-hybridized carbons (Fsp3) is 0.700. The minimum absolute atomic E-state index is 0.215. The van der Waals surface area contributed by atoms with E-state index in [1.807, 2.05) is 24.6 Å². The Bertz CT molecular complexity index is 423. The fourth-order valence-electron chi connectivity index (χ4n) is 1.39. The molecule has 5 nitrogen and oxygen atoms in total. The molecule has 0 aliphatic rings. The number of hydrogen-bond donors (Lipinski definition) is 1. The van der Waals surface area contributed by atoms with Crippen molar-refractivity contribution in [2.75, 3.05) is 17.3 Å². The highest BCUT2D eigenvalue weighted by Crippen LogP contribution is 2.07. The maximum Gasteiger partial charge on any atom is 0.202 e. The number of imidazole rings is 1. The lowest BCUT2D eigenvalue weighted by molar-refractivity contribution is 0.592. The van der Waals surface area contributed by atoms with Crippen LogP contribution in [0.2, 0.25) is 0 Å². The summed E-state index contributed by atoms with van der Waals surface area (Å²) in [5.41, 5.74) is 0. The predicted octanol–water partition coefficient (Wildman–Crippen LogP) is 1.14. The zero-order chi connectivity index (χ0) is 12.2. The zero-order valence-corrected chi connectivity index (χ0v) is 10.8. The fourth-order valence-corrected chi connectivity index (χ4v) is 2.04. The Hall–Kier alpha value is -1.04. The van der Waals surface area contributed by atoms with Gasteiger partial charge in [0.05, 0.1) is 5.75 Å². The molecule has 1 N–H and O–H groups in total. The molecule has 16 heavy (non-hydrogen) atoms. The quantitative estimate of drug-likeness (QED) is 0.816. The second-order valence-corrected chi connectivity index (χ2v) is 6.49. The topological polar surface area (TPSA) is 64.0 Å². The van der Waals surface area contributed by atoms with Crippen molar-refractivity contribution in [3.63, 3.8) is 0 Å². The smallest absolute Gasteiger partial charge is 0.202 e. The molecule has 0 aromatic carbocycles. The summed E-state index contributed by atoms with van der Waals surface area (Å²) in [6.45, 7) is 4.74. The van der Waals surface area contributed by atoms with Crippen molar-refractivity contribution in [1.82, 2.24) is 9.55 Å². The van der Waals surface area contributed by atoms with Crippen LogP contribution in [0.5, 0.6) is 0 Å². The van der Waals surface area contributed by atoms with Gasteiger partial charge in [-0.25, -0.2) is 13.4 Å². The molecule has 6 heteroatoms. The van der Waals surface area contributed by atoms with Crippen LogP contribution in [0.25, 0.3) is 0 Å². The number of anilines is 1. The Balaban J connectivity index is 2.51. The third-order valence-electron chi connectivity index (χ3n) is 2.05. The van der Waals surface area contributed by atoms with Gasteiger partial charge in [0.25, 0.3) is 0 Å². The molecule has 0 atom stereocenters. The molecule has 0 radical (unpaired) electrons. The average Bonchev–Trinajstić information content (AvgIpc) is 2.49. The van der Waals surface area contributed by atoms with Crippen LogP contribution in [0.1, 0.15) is 20.3 Å². The van der Waals surface area contributed by atoms with Gasteiger partial charge in [-0.3, -0.25) is 0 Å². The first-order valence-corrected chi connectivity index (χ1v) is 7.40. The van der Waals surface area contributed by atoms with Crippen LogP contribution in [0.3, 0.4) is 0 Å². The van der Waals surface area contributed by atoms with Crippen molar-refractivity contribution in [3.05, 3.63) is 12.4 Å². The lowest BCUT2D eigenvalue weighted by atomic mass is 10.4. The highest BCUT2D eigenvalue weighted by Gasteiger charge is 2.06. The van der Waals surface area contributed by atoms with E-state index in [9.17, 15) is 8.42 Å². The highest BCUT2D eigenvalue weighted by atomic mass is 32.2. The Labute approximate surface area is 96.8 Å². The van der Waals surface area contributed by atoms with E-state index in [2.05, 4.69) is 10.3 Å². The molecule has 1 aromatic heterocycles. The van der Waals surface area contributed by atoms with Crippen molar-refractivity contribution < 1.29 is 8.42 Å². The van der Waals surface area contributed by atoms with Crippen LogP contribution >= 0.6 is 0 Å². The first kappa shape index (κ1) is 13.0. The summed E-state index contributed by atoms with van der Waals surface area (Å²) < 4.78 is 23.9. The van der Waals surface area contributed by atoms with E-state index in [1.54, 1.807) is 6.20 Å². The summed E-state index contributed by atoms with van der Waals surface area (Å²) in [5.74, 6) is 1.01. The highest BCUT2D eigenvalue weighted by molar-refractivity contribution is 7.90. The molecular weight excluding hydrogens is 226 g/mol. The molecule has 0 saturated carbocycles. The van der Waals surface area contributed by atoms with Crippen LogP contribution in [-0.2, 0) is 16.4 Å². The summed E-state index contributed by atoms with van der Waals surface area (Å²) in [7, 11) is -2.87. The van der Waals surface area contributed by atoms with Gasteiger partial charge in [0.15, 0.2) is 0 Å². The molecule has 0 unspecified atom stereocenters. The Morgan fingerprint density at radius 2 is 2.19 bits per heavy atom. The van der Waals surface area contributed by atoms with Crippen molar-refractivity contribution in [2.45, 2.75) is 32.9 Å². The first-order valence-electron chi connectivity index (χ1n) is 5.34. The van der Waals surface area contributed by atoms with E-state index in [1.165, 1.54) is 6.26 Å². The second-order valence-electron chi connectivity index (χ2n) is 4.23. The molecule has 1 rings (SSSR count). The van der Waals surface area contributed by atoms with Crippen LogP contribution < -0.4 is 5.32 Å². The standard InChI is InChI=1S/C10H19N3O2S/c1-9(2)12-10-11-5-7-13(10)6-4-8-16(3,14)15/h5,7,9H,4,6,8H2,1-3H3,(H,11,12). The third kappa shape index (κ3) is 4.65. The van der Waals surface area contributed by atoms with Gasteiger partial charge in [0.2, 0.25) is 5.95 Å². The van der Waals surface area contributed by atoms with Gasteiger partial charge in [0.1, 0.15) is 9.84 Å². The molecule has 1 heterocycles. The van der Waals surface area contributed by atoms with E-state index in [0.29, 0.717) is 19.0 Å². The van der Waals surface area contributed by atoms with Crippen molar-refractivity contribution in [2.24, 2.45) is 0 Å². The van der Waals surface area contributed by atoms with E-state index >= 15 is 0 Å². The van der Waals surface area contributed by atoms with Crippen LogP contribution in [0.4, 0.5) is 5.95 Å². The average molecular weight is 245 g/mol. The van der Waals surface area contributed by atoms with E-state index in [-0.39, 0.29) is 5.75 Å². The number of rotatable bonds is 6. The monoisotopic (exact) mass is 245 g/mol. The third-order valence-corrected chi connectivity index (χ3v) is 3.08. The second kappa shape index (κ2) is 5.34. The molecule has 0 amide bonds. The minimum atomic E-state index is -2.87. The van der Waals surface area contributed by atoms with E-state index in [4.69, 9.17) is 0 Å². The zero-order valence-electron chi connectivity index (χ0n) is 9.97. The van der Waals surface area contributed by atoms with E-state index in [0.717, 1.165) is 5.95 Å². The Kier molecular flexibility index (Phi) is 4.35. The van der Waals surface area contributed by atoms with Crippen LogP contribution in [-0.4, -0.2) is 36.0 Å². The molecule has 0 aliphatic carbocycles. The van der Waals surface area contributed by atoms with Gasteiger partial charge >= 0.3 is 0 Å². The van der Waals surface area contributed by atoms with Gasteiger partial charge < -0.3 is 9.88 Å². The number of hydrogen-bond acceptors (Lipinski definition) is 4. The van der Waals surface area contributed by atoms with Gasteiger partial charge in [-0.1, -0.05) is 0 Å². The van der Waals surface area contributed by atoms with Crippen molar-refractivity contribution >= 4 is 15.8 Å². The molecule has 1 aromatic rings. The number of nitrogens with zero attached hydrogens (tertiary/aromatic N) is 2. The molecule has 0 saturated heterocycles.